The van der Waals surface area contributed by atoms with Gasteiger partial charge in [-0.2, -0.15) is 0 Å². The molecule has 1 aromatic heterocycles. The molecule has 0 unspecified atom stereocenters. The Balaban J connectivity index is 1.39. The second kappa shape index (κ2) is 9.45. The van der Waals surface area contributed by atoms with E-state index in [0.29, 0.717) is 23.8 Å². The van der Waals surface area contributed by atoms with Crippen molar-refractivity contribution in [2.75, 3.05) is 23.7 Å². The number of urea groups is 1. The predicted octanol–water partition coefficient (Wildman–Crippen LogP) is 5.16. The van der Waals surface area contributed by atoms with Gasteiger partial charge in [-0.3, -0.25) is 4.79 Å². The summed E-state index contributed by atoms with van der Waals surface area (Å²) in [6.07, 6.45) is 1.77. The minimum absolute atomic E-state index is 0.0576. The number of nitrogens with one attached hydrogen (secondary N) is 2. The van der Waals surface area contributed by atoms with Gasteiger partial charge >= 0.3 is 6.03 Å². The van der Waals surface area contributed by atoms with Gasteiger partial charge in [-0.15, -0.1) is 10.2 Å². The summed E-state index contributed by atoms with van der Waals surface area (Å²) in [5.41, 5.74) is 2.47. The fourth-order valence-corrected chi connectivity index (χ4v) is 4.59. The molecule has 3 aromatic rings. The second-order valence-corrected chi connectivity index (χ2v) is 8.94. The molecule has 0 bridgehead atoms. The maximum Gasteiger partial charge on any atom is 0.321 e. The molecule has 2 N–H and O–H groups in total. The van der Waals surface area contributed by atoms with Crippen molar-refractivity contribution in [2.24, 2.45) is 0 Å². The van der Waals surface area contributed by atoms with Crippen molar-refractivity contribution < 1.29 is 9.59 Å². The zero-order valence-electron chi connectivity index (χ0n) is 17.0. The van der Waals surface area contributed by atoms with Crippen molar-refractivity contribution in [2.45, 2.75) is 25.7 Å². The topological polar surface area (TPSA) is 87.2 Å². The summed E-state index contributed by atoms with van der Waals surface area (Å²) < 4.78 is 0. The van der Waals surface area contributed by atoms with Crippen molar-refractivity contribution in [3.8, 4) is 0 Å². The maximum atomic E-state index is 12.7. The number of halogens is 1. The van der Waals surface area contributed by atoms with Crippen LogP contribution >= 0.6 is 22.9 Å². The monoisotopic (exact) mass is 455 g/mol. The molecule has 31 heavy (non-hydrogen) atoms. The van der Waals surface area contributed by atoms with E-state index in [-0.39, 0.29) is 22.9 Å². The Morgan fingerprint density at radius 1 is 1.10 bits per heavy atom. The lowest BCUT2D eigenvalue weighted by molar-refractivity contribution is 0.102. The SMILES string of the molecule is Cc1cccc(NC(=O)N2CCC[C@H](c3nnc(C(=O)Nc4cccc(Cl)c4)s3)C2)c1. The van der Waals surface area contributed by atoms with Gasteiger partial charge < -0.3 is 15.5 Å². The van der Waals surface area contributed by atoms with Crippen LogP contribution < -0.4 is 10.6 Å². The van der Waals surface area contributed by atoms with Crippen LogP contribution in [0.4, 0.5) is 16.2 Å². The number of nitrogens with zero attached hydrogens (tertiary/aromatic N) is 3. The Labute approximate surface area is 189 Å². The van der Waals surface area contributed by atoms with Crippen LogP contribution in [0, 0.1) is 6.92 Å². The van der Waals surface area contributed by atoms with E-state index < -0.39 is 0 Å². The van der Waals surface area contributed by atoms with E-state index in [1.807, 2.05) is 31.2 Å². The molecule has 3 amide bonds. The average Bonchev–Trinajstić information content (AvgIpc) is 3.24. The first-order valence-corrected chi connectivity index (χ1v) is 11.2. The zero-order chi connectivity index (χ0) is 21.8. The van der Waals surface area contributed by atoms with E-state index in [1.165, 1.54) is 11.3 Å². The molecule has 1 fully saturated rings. The Bertz CT molecular complexity index is 1100. The van der Waals surface area contributed by atoms with E-state index in [4.69, 9.17) is 11.6 Å². The van der Waals surface area contributed by atoms with Gasteiger partial charge in [0.2, 0.25) is 5.01 Å². The van der Waals surface area contributed by atoms with Crippen molar-refractivity contribution in [3.63, 3.8) is 0 Å². The summed E-state index contributed by atoms with van der Waals surface area (Å²) in [4.78, 5) is 27.0. The van der Waals surface area contributed by atoms with Crippen LogP contribution in [-0.2, 0) is 0 Å². The number of benzene rings is 2. The Kier molecular flexibility index (Phi) is 6.48. The predicted molar refractivity (Wildman–Crippen MR) is 123 cm³/mol. The minimum Gasteiger partial charge on any atom is -0.324 e. The number of hydrogen-bond acceptors (Lipinski definition) is 5. The van der Waals surface area contributed by atoms with Gasteiger partial charge in [0, 0.05) is 35.4 Å². The maximum absolute atomic E-state index is 12.7. The molecule has 4 rings (SSSR count). The van der Waals surface area contributed by atoms with E-state index in [1.54, 1.807) is 29.2 Å². The van der Waals surface area contributed by atoms with E-state index in [0.717, 1.165) is 29.1 Å². The molecule has 0 spiro atoms. The van der Waals surface area contributed by atoms with Crippen LogP contribution in [-0.4, -0.2) is 40.1 Å². The number of amides is 3. The van der Waals surface area contributed by atoms with Gasteiger partial charge in [-0.1, -0.05) is 41.1 Å². The summed E-state index contributed by atoms with van der Waals surface area (Å²) in [6, 6.07) is 14.5. The highest BCUT2D eigenvalue weighted by Crippen LogP contribution is 2.30. The molecular weight excluding hydrogens is 434 g/mol. The summed E-state index contributed by atoms with van der Waals surface area (Å²) in [6.45, 7) is 3.22. The smallest absolute Gasteiger partial charge is 0.321 e. The van der Waals surface area contributed by atoms with Crippen LogP contribution in [0.15, 0.2) is 48.5 Å². The lowest BCUT2D eigenvalue weighted by atomic mass is 9.99. The van der Waals surface area contributed by atoms with Gasteiger partial charge in [-0.05, 0) is 55.7 Å². The lowest BCUT2D eigenvalue weighted by Gasteiger charge is -2.31. The number of carbonyl (C=O) groups is 2. The molecule has 1 saturated heterocycles. The third-order valence-electron chi connectivity index (χ3n) is 5.04. The molecule has 2 aromatic carbocycles. The zero-order valence-corrected chi connectivity index (χ0v) is 18.5. The van der Waals surface area contributed by atoms with E-state index >= 15 is 0 Å². The van der Waals surface area contributed by atoms with Crippen molar-refractivity contribution in [1.29, 1.82) is 0 Å². The van der Waals surface area contributed by atoms with Gasteiger partial charge in [0.05, 0.1) is 0 Å². The second-order valence-electron chi connectivity index (χ2n) is 7.49. The Morgan fingerprint density at radius 3 is 2.65 bits per heavy atom. The first-order chi connectivity index (χ1) is 15.0. The molecule has 9 heteroatoms. The van der Waals surface area contributed by atoms with Crippen LogP contribution in [0.1, 0.15) is 39.1 Å². The number of hydrogen-bond donors (Lipinski definition) is 2. The number of anilines is 2. The first kappa shape index (κ1) is 21.3. The summed E-state index contributed by atoms with van der Waals surface area (Å²) in [5.74, 6) is -0.266. The lowest BCUT2D eigenvalue weighted by Crippen LogP contribution is -2.41. The van der Waals surface area contributed by atoms with Crippen LogP contribution in [0.5, 0.6) is 0 Å². The Morgan fingerprint density at radius 2 is 1.87 bits per heavy atom. The number of carbonyl (C=O) groups excluding carboxylic acids is 2. The van der Waals surface area contributed by atoms with Crippen LogP contribution in [0.25, 0.3) is 0 Å². The molecule has 7 nitrogen and oxygen atoms in total. The summed E-state index contributed by atoms with van der Waals surface area (Å²) in [7, 11) is 0. The number of aryl methyl sites for hydroxylation is 1. The summed E-state index contributed by atoms with van der Waals surface area (Å²) in [5, 5.41) is 15.6. The largest absolute Gasteiger partial charge is 0.324 e. The number of likely N-dealkylation sites (tertiary alicyclic amines) is 1. The molecule has 0 aliphatic carbocycles. The molecule has 0 saturated carbocycles. The van der Waals surface area contributed by atoms with Crippen LogP contribution in [0.2, 0.25) is 5.02 Å². The molecule has 1 aliphatic rings. The molecule has 1 atom stereocenters. The van der Waals surface area contributed by atoms with E-state index in [2.05, 4.69) is 20.8 Å². The van der Waals surface area contributed by atoms with Crippen LogP contribution in [0.3, 0.4) is 0 Å². The number of rotatable bonds is 4. The number of piperidine rings is 1. The molecule has 160 valence electrons. The molecule has 0 radical (unpaired) electrons. The molecule has 2 heterocycles. The number of aromatic nitrogens is 2. The summed E-state index contributed by atoms with van der Waals surface area (Å²) >= 11 is 7.23. The molecular formula is C22H22ClN5O2S. The average molecular weight is 456 g/mol. The first-order valence-electron chi connectivity index (χ1n) is 10.0. The Hall–Kier alpha value is -2.97. The fraction of sp³-hybridized carbons (Fsp3) is 0.273. The minimum atomic E-state index is -0.323. The normalized spacial score (nSPS) is 16.1. The highest BCUT2D eigenvalue weighted by atomic mass is 35.5. The van der Waals surface area contributed by atoms with Gasteiger partial charge in [0.1, 0.15) is 5.01 Å². The van der Waals surface area contributed by atoms with Gasteiger partial charge in [-0.25, -0.2) is 4.79 Å². The highest BCUT2D eigenvalue weighted by molar-refractivity contribution is 7.13. The fourth-order valence-electron chi connectivity index (χ4n) is 3.53. The standard InChI is InChI=1S/C22H22ClN5O2S/c1-14-5-2-8-17(11-14)25-22(30)28-10-4-6-15(13-28)20-26-27-21(31-20)19(29)24-18-9-3-7-16(23)12-18/h2-3,5,7-9,11-12,15H,4,6,10,13H2,1H3,(H,24,29)(H,25,30)/t15-/m0/s1. The van der Waals surface area contributed by atoms with Gasteiger partial charge in [0.15, 0.2) is 0 Å². The molecule has 1 aliphatic heterocycles. The van der Waals surface area contributed by atoms with Crippen molar-refractivity contribution >= 4 is 46.3 Å². The third kappa shape index (κ3) is 5.39. The highest BCUT2D eigenvalue weighted by Gasteiger charge is 2.28. The van der Waals surface area contributed by atoms with Crippen molar-refractivity contribution in [1.82, 2.24) is 15.1 Å². The van der Waals surface area contributed by atoms with Gasteiger partial charge in [0.25, 0.3) is 5.91 Å². The third-order valence-corrected chi connectivity index (χ3v) is 6.36. The quantitative estimate of drug-likeness (QED) is 0.568. The van der Waals surface area contributed by atoms with E-state index in [9.17, 15) is 9.59 Å². The van der Waals surface area contributed by atoms with Crippen molar-refractivity contribution in [3.05, 3.63) is 69.1 Å².